The van der Waals surface area contributed by atoms with E-state index in [0.717, 1.165) is 18.5 Å². The first-order valence-electron chi connectivity index (χ1n) is 8.40. The number of nitrogens with zero attached hydrogens (tertiary/aromatic N) is 2. The van der Waals surface area contributed by atoms with Crippen LogP contribution in [-0.2, 0) is 5.66 Å². The summed E-state index contributed by atoms with van der Waals surface area (Å²) < 4.78 is 6.00. The molecular weight excluding hydrogens is 387 g/mol. The molecule has 3 N–H and O–H groups in total. The average molecular weight is 411 g/mol. The minimum atomic E-state index is -1.21. The summed E-state index contributed by atoms with van der Waals surface area (Å²) in [7, 11) is 3.98. The van der Waals surface area contributed by atoms with Gasteiger partial charge in [-0.3, -0.25) is 10.6 Å². The molecule has 0 bridgehead atoms. The molecule has 0 aliphatic carbocycles. The topological polar surface area (TPSA) is 74.7 Å². The van der Waals surface area contributed by atoms with Crippen LogP contribution in [0.15, 0.2) is 53.1 Å². The van der Waals surface area contributed by atoms with Crippen LogP contribution in [0.5, 0.6) is 0 Å². The van der Waals surface area contributed by atoms with Crippen LogP contribution in [0, 0.1) is 0 Å². The molecule has 6 nitrogen and oxygen atoms in total. The molecule has 0 saturated carbocycles. The van der Waals surface area contributed by atoms with Crippen molar-refractivity contribution in [2.75, 3.05) is 27.2 Å². The van der Waals surface area contributed by atoms with Gasteiger partial charge in [-0.05, 0) is 63.5 Å². The Labute approximate surface area is 170 Å². The van der Waals surface area contributed by atoms with Gasteiger partial charge >= 0.3 is 6.03 Å². The Hall–Kier alpha value is -1.99. The maximum atomic E-state index is 12.4. The number of benzene rings is 1. The first-order valence-corrected chi connectivity index (χ1v) is 8.78. The quantitative estimate of drug-likeness (QED) is 0.762. The summed E-state index contributed by atoms with van der Waals surface area (Å²) in [6.07, 6.45) is 0.789. The monoisotopic (exact) mass is 410 g/mol. The number of hydrogen-bond donors (Lipinski definition) is 2. The van der Waals surface area contributed by atoms with Crippen molar-refractivity contribution in [3.63, 3.8) is 0 Å². The molecule has 1 saturated heterocycles. The first kappa shape index (κ1) is 21.3. The van der Waals surface area contributed by atoms with E-state index < -0.39 is 5.66 Å². The Balaban J connectivity index is 0.00000261. The molecule has 1 aromatic carbocycles. The third-order valence-electron chi connectivity index (χ3n) is 4.49. The van der Waals surface area contributed by atoms with Crippen molar-refractivity contribution in [3.8, 4) is 11.3 Å². The minimum Gasteiger partial charge on any atom is -0.457 e. The molecule has 2 amide bonds. The van der Waals surface area contributed by atoms with Gasteiger partial charge in [-0.25, -0.2) is 4.79 Å². The van der Waals surface area contributed by atoms with Crippen molar-refractivity contribution in [2.24, 2.45) is 5.73 Å². The zero-order chi connectivity index (χ0) is 18.9. The number of amides is 2. The van der Waals surface area contributed by atoms with Gasteiger partial charge in [0.1, 0.15) is 5.76 Å². The third-order valence-corrected chi connectivity index (χ3v) is 4.74. The summed E-state index contributed by atoms with van der Waals surface area (Å²) in [4.78, 5) is 16.0. The number of carbonyl (C=O) groups excluding carboxylic acids is 1. The van der Waals surface area contributed by atoms with Crippen LogP contribution in [0.1, 0.15) is 12.2 Å². The predicted molar refractivity (Wildman–Crippen MR) is 110 cm³/mol. The zero-order valence-electron chi connectivity index (χ0n) is 15.4. The highest BCUT2D eigenvalue weighted by molar-refractivity contribution is 6.30. The highest BCUT2D eigenvalue weighted by atomic mass is 35.5. The summed E-state index contributed by atoms with van der Waals surface area (Å²) in [5, 5.41) is 3.38. The SMILES string of the molecule is C=C1NC(=O)N(CCCN(C)C)C1(N)c1ccc(-c2ccc(Cl)cc2)o1.Cl. The van der Waals surface area contributed by atoms with Crippen LogP contribution >= 0.6 is 24.0 Å². The molecule has 1 unspecified atom stereocenters. The van der Waals surface area contributed by atoms with E-state index in [1.807, 2.05) is 32.3 Å². The van der Waals surface area contributed by atoms with E-state index in [0.29, 0.717) is 28.8 Å². The number of hydrogen-bond acceptors (Lipinski definition) is 4. The Morgan fingerprint density at radius 2 is 1.93 bits per heavy atom. The molecule has 1 atom stereocenters. The minimum absolute atomic E-state index is 0. The lowest BCUT2D eigenvalue weighted by Crippen LogP contribution is -2.51. The van der Waals surface area contributed by atoms with Crippen LogP contribution in [0.4, 0.5) is 4.79 Å². The van der Waals surface area contributed by atoms with Gasteiger partial charge in [-0.15, -0.1) is 12.4 Å². The lowest BCUT2D eigenvalue weighted by atomic mass is 10.0. The number of halogens is 2. The standard InChI is InChI=1S/C19H23ClN4O2.ClH/c1-13-19(21,24(18(25)22-13)12-4-11-23(2)3)17-10-9-16(26-17)14-5-7-15(20)8-6-14;/h5-10H,1,4,11-12,21H2,2-3H3,(H,22,25);1H. The maximum Gasteiger partial charge on any atom is 0.323 e. The van der Waals surface area contributed by atoms with E-state index in [1.54, 1.807) is 23.1 Å². The molecular formula is C19H24Cl2N4O2. The molecule has 1 aliphatic rings. The summed E-state index contributed by atoms with van der Waals surface area (Å²) in [5.74, 6) is 1.12. The largest absolute Gasteiger partial charge is 0.457 e. The van der Waals surface area contributed by atoms with E-state index in [2.05, 4.69) is 16.8 Å². The van der Waals surface area contributed by atoms with E-state index in [1.165, 1.54) is 0 Å². The van der Waals surface area contributed by atoms with Crippen LogP contribution in [0.3, 0.4) is 0 Å². The van der Waals surface area contributed by atoms with Crippen LogP contribution in [0.2, 0.25) is 5.02 Å². The second-order valence-electron chi connectivity index (χ2n) is 6.65. The Morgan fingerprint density at radius 3 is 2.56 bits per heavy atom. The van der Waals surface area contributed by atoms with E-state index >= 15 is 0 Å². The zero-order valence-corrected chi connectivity index (χ0v) is 16.9. The first-order chi connectivity index (χ1) is 12.3. The fourth-order valence-electron chi connectivity index (χ4n) is 3.03. The van der Waals surface area contributed by atoms with Crippen molar-refractivity contribution < 1.29 is 9.21 Å². The number of furan rings is 1. The van der Waals surface area contributed by atoms with Gasteiger partial charge in [0.2, 0.25) is 0 Å². The molecule has 0 spiro atoms. The van der Waals surface area contributed by atoms with E-state index in [9.17, 15) is 4.79 Å². The molecule has 2 aromatic rings. The van der Waals surface area contributed by atoms with Crippen LogP contribution < -0.4 is 11.1 Å². The van der Waals surface area contributed by atoms with Gasteiger partial charge in [-0.1, -0.05) is 18.2 Å². The highest BCUT2D eigenvalue weighted by Crippen LogP contribution is 2.36. The predicted octanol–water partition coefficient (Wildman–Crippen LogP) is 3.62. The van der Waals surface area contributed by atoms with Crippen molar-refractivity contribution in [2.45, 2.75) is 12.1 Å². The fourth-order valence-corrected chi connectivity index (χ4v) is 3.16. The lowest BCUT2D eigenvalue weighted by Gasteiger charge is -2.32. The molecule has 0 radical (unpaired) electrons. The number of urea groups is 1. The molecule has 3 rings (SSSR count). The maximum absolute atomic E-state index is 12.4. The molecule has 1 aliphatic heterocycles. The summed E-state index contributed by atoms with van der Waals surface area (Å²) >= 11 is 5.94. The Bertz CT molecular complexity index is 819. The number of nitrogens with one attached hydrogen (secondary N) is 1. The third kappa shape index (κ3) is 4.14. The molecule has 1 aromatic heterocycles. The average Bonchev–Trinajstić information content (AvgIpc) is 3.15. The van der Waals surface area contributed by atoms with Gasteiger partial charge in [0, 0.05) is 17.1 Å². The summed E-state index contributed by atoms with van der Waals surface area (Å²) in [6.45, 7) is 5.28. The molecule has 2 heterocycles. The number of nitrogens with two attached hydrogens (primary N) is 1. The Morgan fingerprint density at radius 1 is 1.26 bits per heavy atom. The van der Waals surface area contributed by atoms with Gasteiger partial charge in [-0.2, -0.15) is 0 Å². The molecule has 146 valence electrons. The van der Waals surface area contributed by atoms with Gasteiger partial charge in [0.05, 0.1) is 5.70 Å². The van der Waals surface area contributed by atoms with Gasteiger partial charge in [0.15, 0.2) is 11.4 Å². The van der Waals surface area contributed by atoms with E-state index in [-0.39, 0.29) is 18.4 Å². The number of rotatable bonds is 6. The highest BCUT2D eigenvalue weighted by Gasteiger charge is 2.49. The smallest absolute Gasteiger partial charge is 0.323 e. The van der Waals surface area contributed by atoms with Crippen molar-refractivity contribution >= 4 is 30.0 Å². The van der Waals surface area contributed by atoms with Crippen molar-refractivity contribution in [3.05, 3.63) is 59.5 Å². The van der Waals surface area contributed by atoms with E-state index in [4.69, 9.17) is 21.8 Å². The van der Waals surface area contributed by atoms with Crippen LogP contribution in [0.25, 0.3) is 11.3 Å². The second kappa shape index (κ2) is 8.35. The van der Waals surface area contributed by atoms with Gasteiger partial charge < -0.3 is 14.6 Å². The van der Waals surface area contributed by atoms with Gasteiger partial charge in [0.25, 0.3) is 0 Å². The number of carbonyl (C=O) groups is 1. The normalized spacial score (nSPS) is 19.4. The molecule has 8 heteroatoms. The van der Waals surface area contributed by atoms with Crippen molar-refractivity contribution in [1.29, 1.82) is 0 Å². The molecule has 1 fully saturated rings. The molecule has 27 heavy (non-hydrogen) atoms. The second-order valence-corrected chi connectivity index (χ2v) is 7.09. The lowest BCUT2D eigenvalue weighted by molar-refractivity contribution is 0.148. The fraction of sp³-hybridized carbons (Fsp3) is 0.316. The van der Waals surface area contributed by atoms with Crippen molar-refractivity contribution in [1.82, 2.24) is 15.1 Å². The summed E-state index contributed by atoms with van der Waals surface area (Å²) in [5.41, 5.74) is 6.68. The Kier molecular flexibility index (Phi) is 6.59. The summed E-state index contributed by atoms with van der Waals surface area (Å²) in [6, 6.07) is 10.7. The van der Waals surface area contributed by atoms with Crippen LogP contribution in [-0.4, -0.2) is 43.0 Å².